The van der Waals surface area contributed by atoms with Crippen LogP contribution in [-0.2, 0) is 5.41 Å². The summed E-state index contributed by atoms with van der Waals surface area (Å²) in [7, 11) is 1.63. The van der Waals surface area contributed by atoms with E-state index in [0.717, 1.165) is 30.6 Å². The second-order valence-electron chi connectivity index (χ2n) is 5.02. The highest BCUT2D eigenvalue weighted by molar-refractivity contribution is 5.48. The zero-order valence-electron chi connectivity index (χ0n) is 8.72. The van der Waals surface area contributed by atoms with E-state index in [1.54, 1.807) is 19.2 Å². The van der Waals surface area contributed by atoms with Gasteiger partial charge in [-0.05, 0) is 37.5 Å². The van der Waals surface area contributed by atoms with Gasteiger partial charge in [-0.3, -0.25) is 0 Å². The molecule has 0 saturated heterocycles. The Balaban J connectivity index is 2.01. The summed E-state index contributed by atoms with van der Waals surface area (Å²) in [6.07, 6.45) is 2.92. The fourth-order valence-corrected chi connectivity index (χ4v) is 3.25. The minimum absolute atomic E-state index is 0.0390. The molecule has 0 aliphatic heterocycles. The van der Waals surface area contributed by atoms with E-state index in [4.69, 9.17) is 10.5 Å². The van der Waals surface area contributed by atoms with Gasteiger partial charge in [0.1, 0.15) is 11.6 Å². The SMILES string of the molecule is COc1ccc(F)cc1C12CC(N)(C1)C2. The van der Waals surface area contributed by atoms with Crippen molar-refractivity contribution in [2.75, 3.05) is 7.11 Å². The second-order valence-corrected chi connectivity index (χ2v) is 5.02. The molecule has 0 heterocycles. The zero-order chi connectivity index (χ0) is 10.7. The third-order valence-electron chi connectivity index (χ3n) is 3.80. The molecule has 0 amide bonds. The highest BCUT2D eigenvalue weighted by Gasteiger charge is 2.67. The first kappa shape index (κ1) is 9.16. The summed E-state index contributed by atoms with van der Waals surface area (Å²) in [5.41, 5.74) is 7.15. The van der Waals surface area contributed by atoms with Crippen molar-refractivity contribution in [2.45, 2.75) is 30.2 Å². The van der Waals surface area contributed by atoms with E-state index in [1.807, 2.05) is 0 Å². The number of nitrogens with two attached hydrogens (primary N) is 1. The number of rotatable bonds is 2. The zero-order valence-corrected chi connectivity index (χ0v) is 8.72. The van der Waals surface area contributed by atoms with Crippen LogP contribution in [0.25, 0.3) is 0 Å². The molecule has 0 radical (unpaired) electrons. The van der Waals surface area contributed by atoms with Crippen LogP contribution >= 0.6 is 0 Å². The van der Waals surface area contributed by atoms with Gasteiger partial charge in [-0.2, -0.15) is 0 Å². The number of methoxy groups -OCH3 is 1. The van der Waals surface area contributed by atoms with Gasteiger partial charge in [0.15, 0.2) is 0 Å². The van der Waals surface area contributed by atoms with Crippen LogP contribution in [0.3, 0.4) is 0 Å². The monoisotopic (exact) mass is 207 g/mol. The number of hydrogen-bond acceptors (Lipinski definition) is 2. The summed E-state index contributed by atoms with van der Waals surface area (Å²) in [5.74, 6) is 0.597. The van der Waals surface area contributed by atoms with Crippen LogP contribution in [0.1, 0.15) is 24.8 Å². The molecule has 2 N–H and O–H groups in total. The van der Waals surface area contributed by atoms with Crippen molar-refractivity contribution in [3.63, 3.8) is 0 Å². The maximum absolute atomic E-state index is 13.2. The molecule has 4 rings (SSSR count). The topological polar surface area (TPSA) is 35.2 Å². The molecule has 3 aliphatic carbocycles. The number of ether oxygens (including phenoxy) is 1. The first-order valence-electron chi connectivity index (χ1n) is 5.20. The molecule has 0 unspecified atom stereocenters. The van der Waals surface area contributed by atoms with Crippen LogP contribution in [0.5, 0.6) is 5.75 Å². The fraction of sp³-hybridized carbons (Fsp3) is 0.500. The number of hydrogen-bond donors (Lipinski definition) is 1. The molecule has 3 saturated carbocycles. The van der Waals surface area contributed by atoms with E-state index in [9.17, 15) is 4.39 Å². The average molecular weight is 207 g/mol. The molecular weight excluding hydrogens is 193 g/mol. The van der Waals surface area contributed by atoms with Gasteiger partial charge < -0.3 is 10.5 Å². The maximum Gasteiger partial charge on any atom is 0.123 e. The lowest BCUT2D eigenvalue weighted by Gasteiger charge is -2.69. The summed E-state index contributed by atoms with van der Waals surface area (Å²) >= 11 is 0. The smallest absolute Gasteiger partial charge is 0.123 e. The largest absolute Gasteiger partial charge is 0.496 e. The lowest BCUT2D eigenvalue weighted by atomic mass is 9.38. The summed E-state index contributed by atoms with van der Waals surface area (Å²) in [6.45, 7) is 0. The molecule has 2 bridgehead atoms. The molecule has 3 heteroatoms. The Morgan fingerprint density at radius 3 is 2.53 bits per heavy atom. The van der Waals surface area contributed by atoms with Crippen molar-refractivity contribution in [3.8, 4) is 5.75 Å². The van der Waals surface area contributed by atoms with Crippen LogP contribution in [0.4, 0.5) is 4.39 Å². The summed E-state index contributed by atoms with van der Waals surface area (Å²) < 4.78 is 18.5. The Morgan fingerprint density at radius 1 is 1.33 bits per heavy atom. The van der Waals surface area contributed by atoms with Crippen molar-refractivity contribution in [3.05, 3.63) is 29.6 Å². The Morgan fingerprint density at radius 2 is 2.00 bits per heavy atom. The van der Waals surface area contributed by atoms with Gasteiger partial charge in [0.25, 0.3) is 0 Å². The van der Waals surface area contributed by atoms with Crippen LogP contribution < -0.4 is 10.5 Å². The Labute approximate surface area is 88.2 Å². The van der Waals surface area contributed by atoms with Crippen LogP contribution in [-0.4, -0.2) is 12.6 Å². The van der Waals surface area contributed by atoms with Gasteiger partial charge in [-0.25, -0.2) is 4.39 Å². The van der Waals surface area contributed by atoms with Gasteiger partial charge in [0, 0.05) is 16.5 Å². The van der Waals surface area contributed by atoms with E-state index >= 15 is 0 Å². The molecule has 0 aromatic heterocycles. The minimum atomic E-state index is -0.193. The van der Waals surface area contributed by atoms with Crippen molar-refractivity contribution in [1.29, 1.82) is 0 Å². The van der Waals surface area contributed by atoms with E-state index in [2.05, 4.69) is 0 Å². The summed E-state index contributed by atoms with van der Waals surface area (Å²) in [4.78, 5) is 0. The molecule has 15 heavy (non-hydrogen) atoms. The average Bonchev–Trinajstić information content (AvgIpc) is 2.11. The molecule has 0 atom stereocenters. The van der Waals surface area contributed by atoms with Gasteiger partial charge in [-0.15, -0.1) is 0 Å². The first-order valence-corrected chi connectivity index (χ1v) is 5.20. The second kappa shape index (κ2) is 2.53. The van der Waals surface area contributed by atoms with Gasteiger partial charge in [-0.1, -0.05) is 0 Å². The molecule has 1 aromatic rings. The molecule has 0 spiro atoms. The van der Waals surface area contributed by atoms with Crippen LogP contribution in [0.2, 0.25) is 0 Å². The lowest BCUT2D eigenvalue weighted by Crippen LogP contribution is -2.74. The van der Waals surface area contributed by atoms with E-state index < -0.39 is 0 Å². The third-order valence-corrected chi connectivity index (χ3v) is 3.80. The molecule has 2 nitrogen and oxygen atoms in total. The normalized spacial score (nSPS) is 36.7. The summed E-state index contributed by atoms with van der Waals surface area (Å²) in [6, 6.07) is 4.73. The van der Waals surface area contributed by atoms with Crippen molar-refractivity contribution < 1.29 is 9.13 Å². The third kappa shape index (κ3) is 1.07. The Bertz CT molecular complexity index is 410. The molecule has 3 aliphatic rings. The Kier molecular flexibility index (Phi) is 1.54. The van der Waals surface area contributed by atoms with Gasteiger partial charge in [0.05, 0.1) is 7.11 Å². The van der Waals surface area contributed by atoms with E-state index in [-0.39, 0.29) is 16.8 Å². The highest BCUT2D eigenvalue weighted by Crippen LogP contribution is 2.67. The first-order chi connectivity index (χ1) is 7.07. The maximum atomic E-state index is 13.2. The predicted molar refractivity (Wildman–Crippen MR) is 55.4 cm³/mol. The summed E-state index contributed by atoms with van der Waals surface area (Å²) in [5, 5.41) is 0. The van der Waals surface area contributed by atoms with Crippen molar-refractivity contribution >= 4 is 0 Å². The number of halogens is 1. The molecule has 3 fully saturated rings. The molecular formula is C12H14FNO. The minimum Gasteiger partial charge on any atom is -0.496 e. The highest BCUT2D eigenvalue weighted by atomic mass is 19.1. The van der Waals surface area contributed by atoms with Crippen molar-refractivity contribution in [2.24, 2.45) is 5.73 Å². The fourth-order valence-electron chi connectivity index (χ4n) is 3.25. The predicted octanol–water partition coefficient (Wildman–Crippen LogP) is 1.97. The van der Waals surface area contributed by atoms with E-state index in [1.165, 1.54) is 6.07 Å². The van der Waals surface area contributed by atoms with Crippen molar-refractivity contribution in [1.82, 2.24) is 0 Å². The number of benzene rings is 1. The molecule has 1 aromatic carbocycles. The quantitative estimate of drug-likeness (QED) is 0.804. The van der Waals surface area contributed by atoms with Gasteiger partial charge >= 0.3 is 0 Å². The Hall–Kier alpha value is -1.09. The lowest BCUT2D eigenvalue weighted by molar-refractivity contribution is -0.0604. The van der Waals surface area contributed by atoms with Crippen LogP contribution in [0, 0.1) is 5.82 Å². The van der Waals surface area contributed by atoms with Crippen LogP contribution in [0.15, 0.2) is 18.2 Å². The van der Waals surface area contributed by atoms with E-state index in [0.29, 0.717) is 0 Å². The standard InChI is InChI=1S/C12H14FNO/c1-15-10-3-2-8(13)4-9(10)11-5-12(14,6-11)7-11/h2-4H,5-7,14H2,1H3. The molecule has 80 valence electrons. The van der Waals surface area contributed by atoms with Gasteiger partial charge in [0.2, 0.25) is 0 Å².